The summed E-state index contributed by atoms with van der Waals surface area (Å²) in [5.41, 5.74) is 5.80. The fraction of sp³-hybridized carbons (Fsp3) is 0.500. The highest BCUT2D eigenvalue weighted by Crippen LogP contribution is 2.26. The van der Waals surface area contributed by atoms with Crippen molar-refractivity contribution >= 4 is 27.3 Å². The molecule has 0 spiro atoms. The summed E-state index contributed by atoms with van der Waals surface area (Å²) >= 11 is 4.91. The third-order valence-electron chi connectivity index (χ3n) is 1.75. The molecule has 0 aliphatic rings. The van der Waals surface area contributed by atoms with Gasteiger partial charge in [-0.3, -0.25) is 0 Å². The van der Waals surface area contributed by atoms with E-state index in [1.807, 2.05) is 18.4 Å². The zero-order chi connectivity index (χ0) is 9.14. The number of thiophene rings is 1. The minimum Gasteiger partial charge on any atom is -0.391 e. The van der Waals surface area contributed by atoms with Gasteiger partial charge in [0.25, 0.3) is 0 Å². The van der Waals surface area contributed by atoms with E-state index in [2.05, 4.69) is 15.9 Å². The van der Waals surface area contributed by atoms with Crippen molar-refractivity contribution in [2.75, 3.05) is 0 Å². The second-order valence-corrected chi connectivity index (χ2v) is 4.53. The van der Waals surface area contributed by atoms with Gasteiger partial charge in [0.1, 0.15) is 0 Å². The molecule has 3 N–H and O–H groups in total. The Balaban J connectivity index is 2.70. The summed E-state index contributed by atoms with van der Waals surface area (Å²) in [5.74, 6) is 0. The lowest BCUT2D eigenvalue weighted by Gasteiger charge is -2.14. The van der Waals surface area contributed by atoms with Crippen molar-refractivity contribution in [3.63, 3.8) is 0 Å². The van der Waals surface area contributed by atoms with Crippen LogP contribution >= 0.6 is 27.3 Å². The maximum atomic E-state index is 9.46. The average molecular weight is 250 g/mol. The van der Waals surface area contributed by atoms with Crippen molar-refractivity contribution in [2.45, 2.75) is 25.5 Å². The molecule has 0 fully saturated rings. The number of hydrogen-bond donors (Lipinski definition) is 2. The number of aliphatic hydroxyl groups is 1. The molecule has 0 radical (unpaired) electrons. The molecule has 0 aliphatic carbocycles. The number of nitrogens with two attached hydrogens (primary N) is 1. The Labute approximate surface area is 84.5 Å². The van der Waals surface area contributed by atoms with Crippen LogP contribution in [-0.2, 0) is 0 Å². The van der Waals surface area contributed by atoms with Crippen LogP contribution in [0.5, 0.6) is 0 Å². The summed E-state index contributed by atoms with van der Waals surface area (Å²) in [6, 6.07) is 1.71. The van der Waals surface area contributed by atoms with Gasteiger partial charge in [0.15, 0.2) is 0 Å². The van der Waals surface area contributed by atoms with Crippen LogP contribution in [0.4, 0.5) is 0 Å². The predicted molar refractivity (Wildman–Crippen MR) is 55.2 cm³/mol. The first-order valence-electron chi connectivity index (χ1n) is 3.82. The quantitative estimate of drug-likeness (QED) is 0.864. The van der Waals surface area contributed by atoms with Crippen LogP contribution < -0.4 is 5.73 Å². The zero-order valence-electron chi connectivity index (χ0n) is 6.83. The van der Waals surface area contributed by atoms with Gasteiger partial charge in [-0.05, 0) is 28.4 Å². The number of aliphatic hydroxyl groups excluding tert-OH is 1. The summed E-state index contributed by atoms with van der Waals surface area (Å²) in [6.45, 7) is 1.92. The van der Waals surface area contributed by atoms with E-state index in [4.69, 9.17) is 5.73 Å². The molecule has 0 amide bonds. The molecular formula is C8H12BrNOS. The lowest BCUT2D eigenvalue weighted by atomic mass is 10.1. The highest BCUT2D eigenvalue weighted by Gasteiger charge is 2.16. The van der Waals surface area contributed by atoms with E-state index in [-0.39, 0.29) is 6.04 Å². The molecule has 1 rings (SSSR count). The monoisotopic (exact) mass is 249 g/mol. The number of rotatable bonds is 3. The van der Waals surface area contributed by atoms with E-state index in [0.717, 1.165) is 9.35 Å². The maximum Gasteiger partial charge on any atom is 0.0738 e. The molecule has 12 heavy (non-hydrogen) atoms. The Bertz CT molecular complexity index is 251. The van der Waals surface area contributed by atoms with Gasteiger partial charge < -0.3 is 10.8 Å². The van der Waals surface area contributed by atoms with Crippen LogP contribution in [0.3, 0.4) is 0 Å². The Hall–Kier alpha value is 0.1000. The third kappa shape index (κ3) is 2.29. The van der Waals surface area contributed by atoms with Gasteiger partial charge >= 0.3 is 0 Å². The molecule has 0 aromatic carbocycles. The summed E-state index contributed by atoms with van der Waals surface area (Å²) in [6.07, 6.45) is 0.256. The summed E-state index contributed by atoms with van der Waals surface area (Å²) < 4.78 is 1.03. The molecule has 0 saturated carbocycles. The lowest BCUT2D eigenvalue weighted by molar-refractivity contribution is 0.142. The van der Waals surface area contributed by atoms with Gasteiger partial charge in [-0.25, -0.2) is 0 Å². The van der Waals surface area contributed by atoms with E-state index in [0.29, 0.717) is 6.42 Å². The first-order chi connectivity index (χ1) is 5.65. The van der Waals surface area contributed by atoms with Gasteiger partial charge in [-0.15, -0.1) is 11.3 Å². The molecule has 0 saturated heterocycles. The summed E-state index contributed by atoms with van der Waals surface area (Å²) in [4.78, 5) is 1.02. The van der Waals surface area contributed by atoms with Crippen molar-refractivity contribution in [1.29, 1.82) is 0 Å². The molecule has 1 aromatic heterocycles. The van der Waals surface area contributed by atoms with Gasteiger partial charge in [0.2, 0.25) is 0 Å². The molecule has 4 heteroatoms. The minimum absolute atomic E-state index is 0.244. The molecule has 68 valence electrons. The standard InChI is InChI=1S/C8H12BrNOS/c1-2-6(11)8(10)7-3-5(9)4-12-7/h3-4,6,8,11H,2,10H2,1H3/t6-,8-/m0/s1. The maximum absolute atomic E-state index is 9.46. The number of halogens is 1. The Morgan fingerprint density at radius 1 is 1.75 bits per heavy atom. The average Bonchev–Trinajstić information content (AvgIpc) is 2.49. The van der Waals surface area contributed by atoms with E-state index < -0.39 is 6.10 Å². The fourth-order valence-electron chi connectivity index (χ4n) is 0.947. The second-order valence-electron chi connectivity index (χ2n) is 2.67. The molecular weight excluding hydrogens is 238 g/mol. The normalized spacial score (nSPS) is 16.0. The van der Waals surface area contributed by atoms with Crippen molar-refractivity contribution in [3.8, 4) is 0 Å². The molecule has 0 bridgehead atoms. The van der Waals surface area contributed by atoms with Crippen molar-refractivity contribution in [2.24, 2.45) is 5.73 Å². The van der Waals surface area contributed by atoms with Crippen molar-refractivity contribution in [1.82, 2.24) is 0 Å². The smallest absolute Gasteiger partial charge is 0.0738 e. The van der Waals surface area contributed by atoms with Crippen molar-refractivity contribution < 1.29 is 5.11 Å². The second kappa shape index (κ2) is 4.37. The zero-order valence-corrected chi connectivity index (χ0v) is 9.23. The molecule has 1 aromatic rings. The van der Waals surface area contributed by atoms with Crippen LogP contribution in [0.25, 0.3) is 0 Å². The van der Waals surface area contributed by atoms with Crippen LogP contribution in [0, 0.1) is 0 Å². The van der Waals surface area contributed by atoms with E-state index >= 15 is 0 Å². The van der Waals surface area contributed by atoms with Gasteiger partial charge in [0.05, 0.1) is 12.1 Å². The Morgan fingerprint density at radius 3 is 2.83 bits per heavy atom. The van der Waals surface area contributed by atoms with Crippen LogP contribution in [0.15, 0.2) is 15.9 Å². The first kappa shape index (κ1) is 10.2. The van der Waals surface area contributed by atoms with Crippen LogP contribution in [0.2, 0.25) is 0 Å². The lowest BCUT2D eigenvalue weighted by Crippen LogP contribution is -2.24. The minimum atomic E-state index is -0.435. The SMILES string of the molecule is CC[C@H](O)[C@H](N)c1cc(Br)cs1. The topological polar surface area (TPSA) is 46.2 Å². The molecule has 1 heterocycles. The van der Waals surface area contributed by atoms with Crippen LogP contribution in [-0.4, -0.2) is 11.2 Å². The molecule has 0 unspecified atom stereocenters. The number of hydrogen-bond acceptors (Lipinski definition) is 3. The van der Waals surface area contributed by atoms with Crippen LogP contribution in [0.1, 0.15) is 24.3 Å². The fourth-order valence-corrected chi connectivity index (χ4v) is 2.45. The van der Waals surface area contributed by atoms with Gasteiger partial charge in [-0.1, -0.05) is 6.92 Å². The van der Waals surface area contributed by atoms with E-state index in [9.17, 15) is 5.11 Å². The third-order valence-corrected chi connectivity index (χ3v) is 3.54. The van der Waals surface area contributed by atoms with E-state index in [1.54, 1.807) is 11.3 Å². The van der Waals surface area contributed by atoms with Gasteiger partial charge in [0, 0.05) is 14.7 Å². The molecule has 0 aliphatic heterocycles. The largest absolute Gasteiger partial charge is 0.391 e. The molecule has 2 atom stereocenters. The molecule has 2 nitrogen and oxygen atoms in total. The van der Waals surface area contributed by atoms with Crippen molar-refractivity contribution in [3.05, 3.63) is 20.8 Å². The predicted octanol–water partition coefficient (Wildman–Crippen LogP) is 2.28. The Morgan fingerprint density at radius 2 is 2.42 bits per heavy atom. The highest BCUT2D eigenvalue weighted by atomic mass is 79.9. The summed E-state index contributed by atoms with van der Waals surface area (Å²) in [5, 5.41) is 11.4. The summed E-state index contributed by atoms with van der Waals surface area (Å²) in [7, 11) is 0. The van der Waals surface area contributed by atoms with E-state index in [1.165, 1.54) is 0 Å². The first-order valence-corrected chi connectivity index (χ1v) is 5.50. The highest BCUT2D eigenvalue weighted by molar-refractivity contribution is 9.10. The van der Waals surface area contributed by atoms with Gasteiger partial charge in [-0.2, -0.15) is 0 Å². The Kier molecular flexibility index (Phi) is 3.71.